The molecule has 0 aliphatic carbocycles. The topological polar surface area (TPSA) is 49.4 Å². The lowest BCUT2D eigenvalue weighted by atomic mass is 9.98. The van der Waals surface area contributed by atoms with Crippen LogP contribution in [-0.2, 0) is 9.59 Å². The van der Waals surface area contributed by atoms with E-state index in [0.29, 0.717) is 18.2 Å². The highest BCUT2D eigenvalue weighted by molar-refractivity contribution is 6.03. The molecule has 0 bridgehead atoms. The van der Waals surface area contributed by atoms with E-state index < -0.39 is 5.92 Å². The minimum Gasteiger partial charge on any atom is -0.326 e. The Morgan fingerprint density at radius 2 is 1.85 bits per heavy atom. The molecule has 2 aromatic rings. The Kier molecular flexibility index (Phi) is 5.35. The van der Waals surface area contributed by atoms with Crippen LogP contribution >= 0.6 is 0 Å². The van der Waals surface area contributed by atoms with Gasteiger partial charge >= 0.3 is 0 Å². The maximum absolute atomic E-state index is 13.1. The number of hydrogen-bond donors (Lipinski definition) is 1. The van der Waals surface area contributed by atoms with Crippen molar-refractivity contribution < 1.29 is 14.0 Å². The molecule has 1 aliphatic rings. The lowest BCUT2D eigenvalue weighted by Crippen LogP contribution is -2.28. The summed E-state index contributed by atoms with van der Waals surface area (Å²) >= 11 is 0. The minimum atomic E-state index is -0.415. The number of carbonyl (C=O) groups excluding carboxylic acids is 2. The lowest BCUT2D eigenvalue weighted by molar-refractivity contribution is -0.122. The average molecular weight is 354 g/mol. The smallest absolute Gasteiger partial charge is 0.229 e. The number of amides is 2. The molecule has 2 amide bonds. The monoisotopic (exact) mass is 354 g/mol. The fraction of sp³-hybridized carbons (Fsp3) is 0.333. The highest BCUT2D eigenvalue weighted by Gasteiger charge is 2.35. The molecule has 5 heteroatoms. The zero-order chi connectivity index (χ0) is 18.7. The molecule has 0 spiro atoms. The van der Waals surface area contributed by atoms with Gasteiger partial charge < -0.3 is 10.2 Å². The van der Waals surface area contributed by atoms with Gasteiger partial charge in [0.1, 0.15) is 5.82 Å². The summed E-state index contributed by atoms with van der Waals surface area (Å²) in [6.07, 6.45) is 1.23. The van der Waals surface area contributed by atoms with Gasteiger partial charge in [0.25, 0.3) is 0 Å². The van der Waals surface area contributed by atoms with Crippen molar-refractivity contribution in [2.24, 2.45) is 5.92 Å². The Balaban J connectivity index is 1.63. The van der Waals surface area contributed by atoms with E-state index in [9.17, 15) is 14.0 Å². The van der Waals surface area contributed by atoms with Crippen molar-refractivity contribution in [3.05, 3.63) is 59.9 Å². The summed E-state index contributed by atoms with van der Waals surface area (Å²) in [7, 11) is 0. The number of anilines is 2. The zero-order valence-electron chi connectivity index (χ0n) is 15.0. The maximum atomic E-state index is 13.1. The van der Waals surface area contributed by atoms with Gasteiger partial charge in [0.2, 0.25) is 11.8 Å². The van der Waals surface area contributed by atoms with Crippen LogP contribution in [0.1, 0.15) is 38.2 Å². The summed E-state index contributed by atoms with van der Waals surface area (Å²) < 4.78 is 13.1. The van der Waals surface area contributed by atoms with Crippen molar-refractivity contribution in [1.29, 1.82) is 0 Å². The predicted octanol–water partition coefficient (Wildman–Crippen LogP) is 4.33. The first-order valence-corrected chi connectivity index (χ1v) is 8.94. The second-order valence-corrected chi connectivity index (χ2v) is 6.80. The molecule has 1 fully saturated rings. The molecule has 0 saturated carbocycles. The maximum Gasteiger partial charge on any atom is 0.229 e. The number of carbonyl (C=O) groups is 2. The molecule has 0 unspecified atom stereocenters. The summed E-state index contributed by atoms with van der Waals surface area (Å²) in [4.78, 5) is 26.3. The van der Waals surface area contributed by atoms with Gasteiger partial charge in [0.05, 0.1) is 5.92 Å². The number of nitrogens with zero attached hydrogens (tertiary/aromatic N) is 1. The summed E-state index contributed by atoms with van der Waals surface area (Å²) in [6, 6.07) is 13.6. The van der Waals surface area contributed by atoms with Crippen molar-refractivity contribution in [2.45, 2.75) is 32.6 Å². The Labute approximate surface area is 153 Å². The number of nitrogens with one attached hydrogen (secondary N) is 1. The largest absolute Gasteiger partial charge is 0.326 e. The Hall–Kier alpha value is -2.69. The van der Waals surface area contributed by atoms with Crippen LogP contribution in [0.15, 0.2) is 48.5 Å². The van der Waals surface area contributed by atoms with E-state index in [1.54, 1.807) is 12.1 Å². The Bertz CT molecular complexity index is 787. The van der Waals surface area contributed by atoms with Gasteiger partial charge in [0.15, 0.2) is 0 Å². The van der Waals surface area contributed by atoms with Crippen LogP contribution in [0, 0.1) is 11.7 Å². The molecular formula is C21H23FN2O2. The molecule has 1 saturated heterocycles. The lowest BCUT2D eigenvalue weighted by Gasteiger charge is -2.17. The number of hydrogen-bond acceptors (Lipinski definition) is 2. The summed E-state index contributed by atoms with van der Waals surface area (Å²) in [5, 5.41) is 2.89. The minimum absolute atomic E-state index is 0.121. The van der Waals surface area contributed by atoms with Crippen LogP contribution < -0.4 is 10.2 Å². The molecular weight excluding hydrogens is 331 g/mol. The van der Waals surface area contributed by atoms with Gasteiger partial charge in [-0.15, -0.1) is 0 Å². The normalized spacial score (nSPS) is 18.0. The van der Waals surface area contributed by atoms with Crippen LogP contribution in [0.5, 0.6) is 0 Å². The molecule has 1 heterocycles. The van der Waals surface area contributed by atoms with Gasteiger partial charge in [0, 0.05) is 24.3 Å². The van der Waals surface area contributed by atoms with E-state index in [4.69, 9.17) is 0 Å². The van der Waals surface area contributed by atoms with E-state index in [0.717, 1.165) is 12.1 Å². The number of benzene rings is 2. The Morgan fingerprint density at radius 3 is 2.46 bits per heavy atom. The third-order valence-electron chi connectivity index (χ3n) is 4.99. The third-order valence-corrected chi connectivity index (χ3v) is 4.99. The standard InChI is InChI=1S/C21H23FN2O2/c1-3-14(2)15-4-8-18(9-5-15)23-21(26)16-12-20(25)24(13-16)19-10-6-17(22)7-11-19/h4-11,14,16H,3,12-13H2,1-2H3,(H,23,26)/t14-,16-/m0/s1. The summed E-state index contributed by atoms with van der Waals surface area (Å²) in [5.41, 5.74) is 2.59. The van der Waals surface area contributed by atoms with Crippen LogP contribution in [0.2, 0.25) is 0 Å². The zero-order valence-corrected chi connectivity index (χ0v) is 15.0. The van der Waals surface area contributed by atoms with Gasteiger partial charge in [-0.2, -0.15) is 0 Å². The molecule has 0 aromatic heterocycles. The first-order chi connectivity index (χ1) is 12.5. The van der Waals surface area contributed by atoms with Crippen LogP contribution in [0.4, 0.5) is 15.8 Å². The highest BCUT2D eigenvalue weighted by Crippen LogP contribution is 2.27. The van der Waals surface area contributed by atoms with Gasteiger partial charge in [-0.1, -0.05) is 26.0 Å². The van der Waals surface area contributed by atoms with Crippen molar-refractivity contribution in [1.82, 2.24) is 0 Å². The molecule has 1 aliphatic heterocycles. The summed E-state index contributed by atoms with van der Waals surface area (Å²) in [6.45, 7) is 4.62. The second-order valence-electron chi connectivity index (χ2n) is 6.80. The Morgan fingerprint density at radius 1 is 1.19 bits per heavy atom. The van der Waals surface area contributed by atoms with E-state index in [-0.39, 0.29) is 24.1 Å². The summed E-state index contributed by atoms with van der Waals surface area (Å²) in [5.74, 6) is -0.572. The highest BCUT2D eigenvalue weighted by atomic mass is 19.1. The van der Waals surface area contributed by atoms with Crippen molar-refractivity contribution in [2.75, 3.05) is 16.8 Å². The average Bonchev–Trinajstić information content (AvgIpc) is 3.04. The molecule has 2 aromatic carbocycles. The van der Waals surface area contributed by atoms with Crippen molar-refractivity contribution in [3.8, 4) is 0 Å². The molecule has 26 heavy (non-hydrogen) atoms. The van der Waals surface area contributed by atoms with Crippen molar-refractivity contribution >= 4 is 23.2 Å². The first kappa shape index (κ1) is 18.1. The fourth-order valence-corrected chi connectivity index (χ4v) is 3.13. The van der Waals surface area contributed by atoms with Gasteiger partial charge in [-0.3, -0.25) is 9.59 Å². The quantitative estimate of drug-likeness (QED) is 0.869. The van der Waals surface area contributed by atoms with Gasteiger partial charge in [-0.25, -0.2) is 4.39 Å². The van der Waals surface area contributed by atoms with Crippen LogP contribution in [-0.4, -0.2) is 18.4 Å². The number of halogens is 1. The van der Waals surface area contributed by atoms with E-state index in [1.165, 1.54) is 22.6 Å². The first-order valence-electron chi connectivity index (χ1n) is 8.94. The molecule has 4 nitrogen and oxygen atoms in total. The van der Waals surface area contributed by atoms with Gasteiger partial charge in [-0.05, 0) is 54.3 Å². The SMILES string of the molecule is CC[C@H](C)c1ccc(NC(=O)[C@H]2CC(=O)N(c3ccc(F)cc3)C2)cc1. The van der Waals surface area contributed by atoms with E-state index in [1.807, 2.05) is 24.3 Å². The second kappa shape index (κ2) is 7.68. The molecule has 2 atom stereocenters. The fourth-order valence-electron chi connectivity index (χ4n) is 3.13. The molecule has 136 valence electrons. The van der Waals surface area contributed by atoms with Crippen molar-refractivity contribution in [3.63, 3.8) is 0 Å². The molecule has 3 rings (SSSR count). The van der Waals surface area contributed by atoms with Crippen LogP contribution in [0.3, 0.4) is 0 Å². The third kappa shape index (κ3) is 3.93. The molecule has 1 N–H and O–H groups in total. The van der Waals surface area contributed by atoms with Crippen LogP contribution in [0.25, 0.3) is 0 Å². The van der Waals surface area contributed by atoms with E-state index in [2.05, 4.69) is 19.2 Å². The number of rotatable bonds is 5. The van der Waals surface area contributed by atoms with E-state index >= 15 is 0 Å². The predicted molar refractivity (Wildman–Crippen MR) is 101 cm³/mol. The molecule has 0 radical (unpaired) electrons.